The molecule has 0 aliphatic rings. The Bertz CT molecular complexity index is 455. The first-order valence-electron chi connectivity index (χ1n) is 4.68. The minimum atomic E-state index is -0.505. The van der Waals surface area contributed by atoms with E-state index in [0.717, 1.165) is 0 Å². The fourth-order valence-electron chi connectivity index (χ4n) is 1.14. The van der Waals surface area contributed by atoms with Gasteiger partial charge in [0.05, 0.1) is 12.1 Å². The maximum Gasteiger partial charge on any atom is 0.308 e. The summed E-state index contributed by atoms with van der Waals surface area (Å²) in [6, 6.07) is 2.72. The van der Waals surface area contributed by atoms with Gasteiger partial charge in [0.1, 0.15) is 0 Å². The Balaban J connectivity index is 3.14. The van der Waals surface area contributed by atoms with Gasteiger partial charge in [0, 0.05) is 26.0 Å². The van der Waals surface area contributed by atoms with E-state index in [4.69, 9.17) is 25.8 Å². The van der Waals surface area contributed by atoms with Gasteiger partial charge in [-0.2, -0.15) is 0 Å². The lowest BCUT2D eigenvalue weighted by molar-refractivity contribution is -0.133. The maximum atomic E-state index is 10.8. The van der Waals surface area contributed by atoms with Gasteiger partial charge < -0.3 is 14.2 Å². The number of esters is 2. The fraction of sp³-hybridized carbons (Fsp3) is 0.273. The zero-order chi connectivity index (χ0) is 13.0. The molecule has 1 rings (SSSR count). The summed E-state index contributed by atoms with van der Waals surface area (Å²) in [4.78, 5) is 21.7. The number of halogens is 1. The van der Waals surface area contributed by atoms with E-state index in [9.17, 15) is 9.59 Å². The van der Waals surface area contributed by atoms with Crippen LogP contribution in [0.3, 0.4) is 0 Å². The van der Waals surface area contributed by atoms with Gasteiger partial charge in [-0.15, -0.1) is 0 Å². The second-order valence-corrected chi connectivity index (χ2v) is 3.53. The van der Waals surface area contributed by atoms with Crippen LogP contribution in [0, 0.1) is 0 Å². The molecule has 0 amide bonds. The van der Waals surface area contributed by atoms with Crippen molar-refractivity contribution in [3.05, 3.63) is 17.2 Å². The molecule has 0 saturated carbocycles. The number of benzene rings is 1. The summed E-state index contributed by atoms with van der Waals surface area (Å²) in [5.41, 5.74) is 0. The van der Waals surface area contributed by atoms with Crippen molar-refractivity contribution in [3.8, 4) is 17.2 Å². The molecule has 0 radical (unpaired) electrons. The average molecular weight is 259 g/mol. The molecule has 0 aliphatic carbocycles. The molecule has 0 N–H and O–H groups in total. The van der Waals surface area contributed by atoms with Gasteiger partial charge in [-0.1, -0.05) is 11.6 Å². The monoisotopic (exact) mass is 258 g/mol. The van der Waals surface area contributed by atoms with Gasteiger partial charge >= 0.3 is 11.9 Å². The normalized spacial score (nSPS) is 9.65. The third kappa shape index (κ3) is 3.64. The third-order valence-corrected chi connectivity index (χ3v) is 2.02. The van der Waals surface area contributed by atoms with Crippen molar-refractivity contribution in [1.82, 2.24) is 0 Å². The van der Waals surface area contributed by atoms with E-state index in [-0.39, 0.29) is 22.3 Å². The van der Waals surface area contributed by atoms with Crippen LogP contribution < -0.4 is 14.2 Å². The average Bonchev–Trinajstić information content (AvgIpc) is 2.20. The SMILES string of the molecule is COc1cc(OC(C)=O)c(Cl)cc1OC(C)=O. The van der Waals surface area contributed by atoms with Crippen molar-refractivity contribution in [1.29, 1.82) is 0 Å². The van der Waals surface area contributed by atoms with Crippen molar-refractivity contribution < 1.29 is 23.8 Å². The van der Waals surface area contributed by atoms with Crippen molar-refractivity contribution >= 4 is 23.5 Å². The van der Waals surface area contributed by atoms with Gasteiger partial charge in [-0.3, -0.25) is 9.59 Å². The Hall–Kier alpha value is -1.75. The fourth-order valence-corrected chi connectivity index (χ4v) is 1.34. The van der Waals surface area contributed by atoms with Crippen molar-refractivity contribution in [2.45, 2.75) is 13.8 Å². The standard InChI is InChI=1S/C11H11ClO5/c1-6(13)16-9-5-10(15-3)11(4-8(9)12)17-7(2)14/h4-5H,1-3H3. The molecule has 5 nitrogen and oxygen atoms in total. The predicted octanol–water partition coefficient (Wildman–Crippen LogP) is 2.20. The number of carbonyl (C=O) groups is 2. The van der Waals surface area contributed by atoms with Crippen LogP contribution in [0.4, 0.5) is 0 Å². The number of ether oxygens (including phenoxy) is 3. The number of methoxy groups -OCH3 is 1. The van der Waals surface area contributed by atoms with Crippen LogP contribution in [-0.2, 0) is 9.59 Å². The molecule has 0 bridgehead atoms. The van der Waals surface area contributed by atoms with E-state index in [1.165, 1.54) is 33.1 Å². The largest absolute Gasteiger partial charge is 0.493 e. The minimum absolute atomic E-state index is 0.145. The van der Waals surface area contributed by atoms with Gasteiger partial charge in [0.25, 0.3) is 0 Å². The quantitative estimate of drug-likeness (QED) is 0.614. The van der Waals surface area contributed by atoms with E-state index in [2.05, 4.69) is 0 Å². The molecule has 0 unspecified atom stereocenters. The number of rotatable bonds is 3. The molecule has 0 saturated heterocycles. The Morgan fingerprint density at radius 1 is 1.00 bits per heavy atom. The molecule has 0 heterocycles. The van der Waals surface area contributed by atoms with Crippen molar-refractivity contribution in [2.75, 3.05) is 7.11 Å². The molecular formula is C11H11ClO5. The van der Waals surface area contributed by atoms with E-state index in [0.29, 0.717) is 0 Å². The first-order chi connectivity index (χ1) is 7.93. The number of carbonyl (C=O) groups excluding carboxylic acids is 2. The first-order valence-corrected chi connectivity index (χ1v) is 5.06. The number of hydrogen-bond acceptors (Lipinski definition) is 5. The summed E-state index contributed by atoms with van der Waals surface area (Å²) in [7, 11) is 1.40. The molecule has 1 aromatic rings. The summed E-state index contributed by atoms with van der Waals surface area (Å²) < 4.78 is 14.7. The molecular weight excluding hydrogens is 248 g/mol. The molecule has 1 aromatic carbocycles. The van der Waals surface area contributed by atoms with Gasteiger partial charge in [-0.25, -0.2) is 0 Å². The molecule has 0 fully saturated rings. The Morgan fingerprint density at radius 2 is 1.53 bits per heavy atom. The highest BCUT2D eigenvalue weighted by Crippen LogP contribution is 2.37. The first kappa shape index (κ1) is 13.3. The zero-order valence-corrected chi connectivity index (χ0v) is 10.3. The predicted molar refractivity (Wildman–Crippen MR) is 60.6 cm³/mol. The Morgan fingerprint density at radius 3 is 2.00 bits per heavy atom. The second kappa shape index (κ2) is 5.54. The Labute approximate surface area is 103 Å². The summed E-state index contributed by atoms with van der Waals surface area (Å²) in [6.45, 7) is 2.51. The van der Waals surface area contributed by atoms with E-state index < -0.39 is 11.9 Å². The molecule has 0 atom stereocenters. The summed E-state index contributed by atoms with van der Waals surface area (Å²) >= 11 is 5.86. The van der Waals surface area contributed by atoms with Crippen LogP contribution >= 0.6 is 11.6 Å². The smallest absolute Gasteiger partial charge is 0.308 e. The highest BCUT2D eigenvalue weighted by molar-refractivity contribution is 6.32. The highest BCUT2D eigenvalue weighted by Gasteiger charge is 2.14. The molecule has 92 valence electrons. The molecule has 6 heteroatoms. The van der Waals surface area contributed by atoms with Crippen molar-refractivity contribution in [3.63, 3.8) is 0 Å². The number of hydrogen-bond donors (Lipinski definition) is 0. The van der Waals surface area contributed by atoms with Crippen LogP contribution in [0.2, 0.25) is 5.02 Å². The third-order valence-electron chi connectivity index (χ3n) is 1.73. The topological polar surface area (TPSA) is 61.8 Å². The van der Waals surface area contributed by atoms with Crippen LogP contribution in [-0.4, -0.2) is 19.0 Å². The van der Waals surface area contributed by atoms with Gasteiger partial charge in [0.15, 0.2) is 17.2 Å². The minimum Gasteiger partial charge on any atom is -0.493 e. The van der Waals surface area contributed by atoms with E-state index in [1.54, 1.807) is 0 Å². The van der Waals surface area contributed by atoms with E-state index in [1.807, 2.05) is 0 Å². The van der Waals surface area contributed by atoms with Gasteiger partial charge in [-0.05, 0) is 0 Å². The zero-order valence-electron chi connectivity index (χ0n) is 9.57. The van der Waals surface area contributed by atoms with Crippen LogP contribution in [0.1, 0.15) is 13.8 Å². The summed E-state index contributed by atoms with van der Waals surface area (Å²) in [5, 5.41) is 0.150. The van der Waals surface area contributed by atoms with Crippen LogP contribution in [0.25, 0.3) is 0 Å². The lowest BCUT2D eigenvalue weighted by Crippen LogP contribution is -2.05. The lowest BCUT2D eigenvalue weighted by Gasteiger charge is -2.11. The van der Waals surface area contributed by atoms with E-state index >= 15 is 0 Å². The van der Waals surface area contributed by atoms with Gasteiger partial charge in [0.2, 0.25) is 0 Å². The molecule has 0 aliphatic heterocycles. The lowest BCUT2D eigenvalue weighted by atomic mass is 10.3. The van der Waals surface area contributed by atoms with Crippen molar-refractivity contribution in [2.24, 2.45) is 0 Å². The molecule has 0 aromatic heterocycles. The highest BCUT2D eigenvalue weighted by atomic mass is 35.5. The second-order valence-electron chi connectivity index (χ2n) is 3.12. The summed E-state index contributed by atoms with van der Waals surface area (Å²) in [6.07, 6.45) is 0. The molecule has 17 heavy (non-hydrogen) atoms. The van der Waals surface area contributed by atoms with Crippen LogP contribution in [0.15, 0.2) is 12.1 Å². The molecule has 0 spiro atoms. The Kier molecular flexibility index (Phi) is 4.34. The maximum absolute atomic E-state index is 10.8. The summed E-state index contributed by atoms with van der Waals surface area (Å²) in [5.74, 6) is -0.442. The van der Waals surface area contributed by atoms with Crippen LogP contribution in [0.5, 0.6) is 17.2 Å².